The first kappa shape index (κ1) is 23.5. The highest BCUT2D eigenvalue weighted by atomic mass is 16.6. The van der Waals surface area contributed by atoms with Gasteiger partial charge in [-0.15, -0.1) is 0 Å². The first-order valence-electron chi connectivity index (χ1n) is 11.1. The number of hydrogen-bond donors (Lipinski definition) is 0. The van der Waals surface area contributed by atoms with Crippen LogP contribution >= 0.6 is 0 Å². The lowest BCUT2D eigenvalue weighted by atomic mass is 9.86. The smallest absolute Gasteiger partial charge is 0.306 e. The summed E-state index contributed by atoms with van der Waals surface area (Å²) in [6, 6.07) is 15.6. The van der Waals surface area contributed by atoms with Crippen molar-refractivity contribution in [3.05, 3.63) is 83.6 Å². The first-order chi connectivity index (χ1) is 15.2. The van der Waals surface area contributed by atoms with Crippen molar-refractivity contribution in [3.63, 3.8) is 0 Å². The summed E-state index contributed by atoms with van der Waals surface area (Å²) in [6.07, 6.45) is 8.29. The Bertz CT molecular complexity index is 1010. The molecule has 2 aromatic rings. The number of benzene rings is 2. The van der Waals surface area contributed by atoms with Gasteiger partial charge in [0.1, 0.15) is 18.0 Å². The SMILES string of the molecule is CC1C=C(OCc2cccc(-c3ccccc3C=O)c2)C=CC1CCC(=O)OC(C)(C)C. The number of carbonyl (C=O) groups is 2. The molecular weight excluding hydrogens is 400 g/mol. The van der Waals surface area contributed by atoms with Crippen molar-refractivity contribution in [3.8, 4) is 11.1 Å². The molecular formula is C28H32O4. The van der Waals surface area contributed by atoms with E-state index < -0.39 is 5.60 Å². The number of rotatable bonds is 8. The van der Waals surface area contributed by atoms with Crippen LogP contribution in [-0.4, -0.2) is 17.9 Å². The van der Waals surface area contributed by atoms with Gasteiger partial charge in [0.25, 0.3) is 0 Å². The van der Waals surface area contributed by atoms with Crippen molar-refractivity contribution < 1.29 is 19.1 Å². The Kier molecular flexibility index (Phi) is 7.68. The van der Waals surface area contributed by atoms with Gasteiger partial charge in [-0.3, -0.25) is 9.59 Å². The lowest BCUT2D eigenvalue weighted by Crippen LogP contribution is -2.24. The third-order valence-corrected chi connectivity index (χ3v) is 5.44. The third-order valence-electron chi connectivity index (χ3n) is 5.44. The second kappa shape index (κ2) is 10.4. The van der Waals surface area contributed by atoms with Gasteiger partial charge in [0, 0.05) is 12.0 Å². The predicted molar refractivity (Wildman–Crippen MR) is 127 cm³/mol. The molecule has 3 rings (SSSR count). The van der Waals surface area contributed by atoms with Crippen molar-refractivity contribution in [2.24, 2.45) is 11.8 Å². The predicted octanol–water partition coefficient (Wildman–Crippen LogP) is 6.51. The minimum Gasteiger partial charge on any atom is -0.489 e. The Balaban J connectivity index is 1.56. The molecule has 1 aliphatic carbocycles. The van der Waals surface area contributed by atoms with Crippen LogP contribution in [0.5, 0.6) is 0 Å². The maximum Gasteiger partial charge on any atom is 0.306 e. The Morgan fingerprint density at radius 2 is 1.88 bits per heavy atom. The summed E-state index contributed by atoms with van der Waals surface area (Å²) in [5, 5.41) is 0. The van der Waals surface area contributed by atoms with E-state index in [4.69, 9.17) is 9.47 Å². The summed E-state index contributed by atoms with van der Waals surface area (Å²) in [6.45, 7) is 8.25. The molecule has 0 amide bonds. The third kappa shape index (κ3) is 6.68. The van der Waals surface area contributed by atoms with Crippen LogP contribution in [0.4, 0.5) is 0 Å². The van der Waals surface area contributed by atoms with Gasteiger partial charge in [-0.2, -0.15) is 0 Å². The highest BCUT2D eigenvalue weighted by molar-refractivity contribution is 5.87. The van der Waals surface area contributed by atoms with E-state index in [-0.39, 0.29) is 17.8 Å². The monoisotopic (exact) mass is 432 g/mol. The summed E-state index contributed by atoms with van der Waals surface area (Å²) in [5.41, 5.74) is 3.19. The van der Waals surface area contributed by atoms with E-state index in [1.807, 2.05) is 69.3 Å². The second-order valence-electron chi connectivity index (χ2n) is 9.27. The minimum atomic E-state index is -0.446. The van der Waals surface area contributed by atoms with Gasteiger partial charge in [-0.1, -0.05) is 55.5 Å². The molecule has 0 saturated carbocycles. The minimum absolute atomic E-state index is 0.153. The van der Waals surface area contributed by atoms with Crippen LogP contribution < -0.4 is 0 Å². The lowest BCUT2D eigenvalue weighted by Gasteiger charge is -2.24. The van der Waals surface area contributed by atoms with Gasteiger partial charge in [0.2, 0.25) is 0 Å². The summed E-state index contributed by atoms with van der Waals surface area (Å²) in [7, 11) is 0. The van der Waals surface area contributed by atoms with Crippen molar-refractivity contribution in [1.29, 1.82) is 0 Å². The molecule has 0 saturated heterocycles. The van der Waals surface area contributed by atoms with E-state index in [1.165, 1.54) is 0 Å². The zero-order chi connectivity index (χ0) is 23.1. The zero-order valence-electron chi connectivity index (χ0n) is 19.3. The Morgan fingerprint density at radius 3 is 2.59 bits per heavy atom. The van der Waals surface area contributed by atoms with Crippen LogP contribution in [0.25, 0.3) is 11.1 Å². The summed E-state index contributed by atoms with van der Waals surface area (Å²) < 4.78 is 11.4. The van der Waals surface area contributed by atoms with Crippen molar-refractivity contribution in [2.45, 2.75) is 52.7 Å². The van der Waals surface area contributed by atoms with E-state index >= 15 is 0 Å². The Hall–Kier alpha value is -3.14. The zero-order valence-corrected chi connectivity index (χ0v) is 19.3. The standard InChI is InChI=1S/C28H32O4/c1-20-16-25(14-12-22(20)13-15-27(30)32-28(2,3)4)31-19-21-8-7-10-23(17-21)26-11-6-5-9-24(26)18-29/h5-12,14,16-18,20,22H,13,15,19H2,1-4H3. The molecule has 0 fully saturated rings. The average Bonchev–Trinajstić information content (AvgIpc) is 2.76. The van der Waals surface area contributed by atoms with E-state index in [1.54, 1.807) is 0 Å². The summed E-state index contributed by atoms with van der Waals surface area (Å²) >= 11 is 0. The number of carbonyl (C=O) groups excluding carboxylic acids is 2. The summed E-state index contributed by atoms with van der Waals surface area (Å²) in [4.78, 5) is 23.4. The van der Waals surface area contributed by atoms with Crippen molar-refractivity contribution in [2.75, 3.05) is 0 Å². The van der Waals surface area contributed by atoms with Crippen molar-refractivity contribution >= 4 is 12.3 Å². The molecule has 1 aliphatic rings. The molecule has 0 radical (unpaired) electrons. The molecule has 0 spiro atoms. The van der Waals surface area contributed by atoms with Gasteiger partial charge < -0.3 is 9.47 Å². The molecule has 4 heteroatoms. The molecule has 0 N–H and O–H groups in total. The van der Waals surface area contributed by atoms with Gasteiger partial charge in [-0.05, 0) is 73.9 Å². The lowest BCUT2D eigenvalue weighted by molar-refractivity contribution is -0.155. The molecule has 32 heavy (non-hydrogen) atoms. The summed E-state index contributed by atoms with van der Waals surface area (Å²) in [5.74, 6) is 1.26. The number of aldehydes is 1. The number of esters is 1. The first-order valence-corrected chi connectivity index (χ1v) is 11.1. The van der Waals surface area contributed by atoms with Crippen LogP contribution in [0.1, 0.15) is 56.5 Å². The van der Waals surface area contributed by atoms with Crippen LogP contribution in [0.2, 0.25) is 0 Å². The van der Waals surface area contributed by atoms with Gasteiger partial charge in [-0.25, -0.2) is 0 Å². The quantitative estimate of drug-likeness (QED) is 0.352. The highest BCUT2D eigenvalue weighted by Gasteiger charge is 2.21. The maximum atomic E-state index is 12.0. The molecule has 0 heterocycles. The molecule has 4 nitrogen and oxygen atoms in total. The molecule has 2 atom stereocenters. The fourth-order valence-electron chi connectivity index (χ4n) is 3.82. The Labute approximate surface area is 190 Å². The second-order valence-corrected chi connectivity index (χ2v) is 9.27. The van der Waals surface area contributed by atoms with Gasteiger partial charge in [0.15, 0.2) is 6.29 Å². The maximum absolute atomic E-state index is 12.0. The van der Waals surface area contributed by atoms with Crippen LogP contribution in [-0.2, 0) is 20.9 Å². The van der Waals surface area contributed by atoms with Crippen LogP contribution in [0.15, 0.2) is 72.5 Å². The van der Waals surface area contributed by atoms with Crippen LogP contribution in [0, 0.1) is 11.8 Å². The number of ether oxygens (including phenoxy) is 2. The normalized spacial score (nSPS) is 18.1. The fourth-order valence-corrected chi connectivity index (χ4v) is 3.82. The molecule has 0 aromatic heterocycles. The van der Waals surface area contributed by atoms with Gasteiger partial charge >= 0.3 is 5.97 Å². The van der Waals surface area contributed by atoms with E-state index in [0.29, 0.717) is 18.6 Å². The van der Waals surface area contributed by atoms with Crippen LogP contribution in [0.3, 0.4) is 0 Å². The number of hydrogen-bond acceptors (Lipinski definition) is 4. The van der Waals surface area contributed by atoms with E-state index in [2.05, 4.69) is 25.1 Å². The topological polar surface area (TPSA) is 52.6 Å². The fraction of sp³-hybridized carbons (Fsp3) is 0.357. The largest absolute Gasteiger partial charge is 0.489 e. The van der Waals surface area contributed by atoms with E-state index in [9.17, 15) is 9.59 Å². The highest BCUT2D eigenvalue weighted by Crippen LogP contribution is 2.29. The Morgan fingerprint density at radius 1 is 1.09 bits per heavy atom. The average molecular weight is 433 g/mol. The van der Waals surface area contributed by atoms with Crippen molar-refractivity contribution in [1.82, 2.24) is 0 Å². The van der Waals surface area contributed by atoms with Gasteiger partial charge in [0.05, 0.1) is 0 Å². The number of allylic oxidation sites excluding steroid dienone is 3. The molecule has 168 valence electrons. The molecule has 2 aromatic carbocycles. The molecule has 0 aliphatic heterocycles. The van der Waals surface area contributed by atoms with E-state index in [0.717, 1.165) is 35.2 Å². The molecule has 0 bridgehead atoms. The molecule has 2 unspecified atom stereocenters.